The van der Waals surface area contributed by atoms with E-state index in [4.69, 9.17) is 25.2 Å². The molecule has 2 aromatic rings. The fraction of sp³-hybridized carbons (Fsp3) is 0.250. The van der Waals surface area contributed by atoms with Gasteiger partial charge in [-0.05, 0) is 36.4 Å². The molecule has 0 saturated heterocycles. The Morgan fingerprint density at radius 2 is 1.82 bits per heavy atom. The third-order valence-corrected chi connectivity index (χ3v) is 4.06. The number of nitrogens with zero attached hydrogens (tertiary/aromatic N) is 2. The number of amides is 1. The number of rotatable bonds is 6. The van der Waals surface area contributed by atoms with E-state index in [-0.39, 0.29) is 13.0 Å². The smallest absolute Gasteiger partial charge is 0.338 e. The van der Waals surface area contributed by atoms with Crippen molar-refractivity contribution in [2.45, 2.75) is 6.42 Å². The summed E-state index contributed by atoms with van der Waals surface area (Å²) >= 11 is 0. The van der Waals surface area contributed by atoms with Crippen LogP contribution in [0.2, 0.25) is 0 Å². The molecule has 0 bridgehead atoms. The van der Waals surface area contributed by atoms with Gasteiger partial charge in [0.15, 0.2) is 18.1 Å². The van der Waals surface area contributed by atoms with Crippen LogP contribution >= 0.6 is 0 Å². The summed E-state index contributed by atoms with van der Waals surface area (Å²) in [5.74, 6) is 0.0429. The normalized spacial score (nSPS) is 12.0. The number of carbonyl (C=O) groups excluding carboxylic acids is 2. The SMILES string of the molecule is N#CCCN(C(=O)COC(=O)c1ccc(N)cc1)c1ccc2c(c1)OCCO2. The first-order valence-corrected chi connectivity index (χ1v) is 8.68. The quantitative estimate of drug-likeness (QED) is 0.602. The Labute approximate surface area is 162 Å². The topological polar surface area (TPSA) is 115 Å². The molecule has 0 atom stereocenters. The van der Waals surface area contributed by atoms with Gasteiger partial charge in [0.2, 0.25) is 0 Å². The van der Waals surface area contributed by atoms with Crippen LogP contribution in [0.4, 0.5) is 11.4 Å². The Balaban J connectivity index is 1.70. The van der Waals surface area contributed by atoms with E-state index in [0.29, 0.717) is 41.7 Å². The highest BCUT2D eigenvalue weighted by Gasteiger charge is 2.21. The van der Waals surface area contributed by atoms with E-state index in [1.54, 1.807) is 30.3 Å². The van der Waals surface area contributed by atoms with Gasteiger partial charge in [0, 0.05) is 24.0 Å². The molecule has 0 saturated carbocycles. The second-order valence-electron chi connectivity index (χ2n) is 5.98. The number of benzene rings is 2. The molecule has 0 aromatic heterocycles. The molecule has 3 rings (SSSR count). The van der Waals surface area contributed by atoms with Crippen molar-refractivity contribution in [2.75, 3.05) is 37.0 Å². The largest absolute Gasteiger partial charge is 0.486 e. The van der Waals surface area contributed by atoms with Crippen LogP contribution in [0.1, 0.15) is 16.8 Å². The number of carbonyl (C=O) groups is 2. The Bertz CT molecular complexity index is 905. The van der Waals surface area contributed by atoms with Gasteiger partial charge in [-0.1, -0.05) is 0 Å². The van der Waals surface area contributed by atoms with Crippen molar-refractivity contribution >= 4 is 23.3 Å². The number of nitrogen functional groups attached to an aromatic ring is 1. The molecule has 0 unspecified atom stereocenters. The maximum Gasteiger partial charge on any atom is 0.338 e. The van der Waals surface area contributed by atoms with Gasteiger partial charge in [0.25, 0.3) is 5.91 Å². The Morgan fingerprint density at radius 3 is 2.54 bits per heavy atom. The number of anilines is 2. The zero-order valence-electron chi connectivity index (χ0n) is 15.1. The number of hydrogen-bond donors (Lipinski definition) is 1. The molecule has 0 spiro atoms. The van der Waals surface area contributed by atoms with Gasteiger partial charge in [0.05, 0.1) is 18.1 Å². The average Bonchev–Trinajstić information content (AvgIpc) is 2.72. The molecule has 0 aliphatic carbocycles. The van der Waals surface area contributed by atoms with E-state index in [2.05, 4.69) is 0 Å². The van der Waals surface area contributed by atoms with Gasteiger partial charge in [-0.2, -0.15) is 5.26 Å². The summed E-state index contributed by atoms with van der Waals surface area (Å²) < 4.78 is 16.1. The summed E-state index contributed by atoms with van der Waals surface area (Å²) in [5, 5.41) is 8.90. The van der Waals surface area contributed by atoms with Crippen LogP contribution in [-0.4, -0.2) is 38.2 Å². The Kier molecular flexibility index (Phi) is 5.97. The maximum absolute atomic E-state index is 12.7. The van der Waals surface area contributed by atoms with E-state index in [1.807, 2.05) is 6.07 Å². The van der Waals surface area contributed by atoms with E-state index in [0.717, 1.165) is 0 Å². The average molecular weight is 381 g/mol. The van der Waals surface area contributed by atoms with Gasteiger partial charge in [-0.25, -0.2) is 4.79 Å². The first-order valence-electron chi connectivity index (χ1n) is 8.68. The fourth-order valence-electron chi connectivity index (χ4n) is 2.67. The molecule has 1 aliphatic rings. The van der Waals surface area contributed by atoms with Gasteiger partial charge >= 0.3 is 5.97 Å². The lowest BCUT2D eigenvalue weighted by Crippen LogP contribution is -2.35. The van der Waals surface area contributed by atoms with Crippen molar-refractivity contribution in [3.63, 3.8) is 0 Å². The van der Waals surface area contributed by atoms with Crippen molar-refractivity contribution in [3.05, 3.63) is 48.0 Å². The van der Waals surface area contributed by atoms with Crippen LogP contribution in [0, 0.1) is 11.3 Å². The molecule has 1 heterocycles. The minimum absolute atomic E-state index is 0.131. The summed E-state index contributed by atoms with van der Waals surface area (Å²) in [5.41, 5.74) is 6.94. The molecule has 2 aromatic carbocycles. The van der Waals surface area contributed by atoms with Crippen molar-refractivity contribution in [3.8, 4) is 17.6 Å². The lowest BCUT2D eigenvalue weighted by atomic mass is 10.2. The van der Waals surface area contributed by atoms with Crippen LogP contribution < -0.4 is 20.1 Å². The molecule has 8 nitrogen and oxygen atoms in total. The number of nitriles is 1. The summed E-state index contributed by atoms with van der Waals surface area (Å²) in [7, 11) is 0. The van der Waals surface area contributed by atoms with E-state index >= 15 is 0 Å². The number of nitrogens with two attached hydrogens (primary N) is 1. The van der Waals surface area contributed by atoms with Crippen molar-refractivity contribution < 1.29 is 23.8 Å². The summed E-state index contributed by atoms with van der Waals surface area (Å²) in [6, 6.07) is 13.3. The van der Waals surface area contributed by atoms with Gasteiger partial charge in [-0.3, -0.25) is 4.79 Å². The number of ether oxygens (including phenoxy) is 3. The Morgan fingerprint density at radius 1 is 1.11 bits per heavy atom. The van der Waals surface area contributed by atoms with Crippen molar-refractivity contribution in [1.82, 2.24) is 0 Å². The minimum Gasteiger partial charge on any atom is -0.486 e. The van der Waals surface area contributed by atoms with Crippen LogP contribution in [0.3, 0.4) is 0 Å². The number of hydrogen-bond acceptors (Lipinski definition) is 7. The van der Waals surface area contributed by atoms with Gasteiger partial charge in [0.1, 0.15) is 13.2 Å². The van der Waals surface area contributed by atoms with E-state index in [9.17, 15) is 9.59 Å². The molecular formula is C20H19N3O5. The molecule has 28 heavy (non-hydrogen) atoms. The molecule has 144 valence electrons. The summed E-state index contributed by atoms with van der Waals surface area (Å²) in [6.45, 7) is 0.587. The van der Waals surface area contributed by atoms with Crippen LogP contribution in [0.15, 0.2) is 42.5 Å². The lowest BCUT2D eigenvalue weighted by molar-refractivity contribution is -0.121. The van der Waals surface area contributed by atoms with Gasteiger partial charge in [-0.15, -0.1) is 0 Å². The minimum atomic E-state index is -0.629. The second-order valence-corrected chi connectivity index (χ2v) is 5.98. The van der Waals surface area contributed by atoms with Crippen molar-refractivity contribution in [2.24, 2.45) is 0 Å². The van der Waals surface area contributed by atoms with Crippen molar-refractivity contribution in [1.29, 1.82) is 5.26 Å². The van der Waals surface area contributed by atoms with Crippen LogP contribution in [0.5, 0.6) is 11.5 Å². The first kappa shape index (κ1) is 19.0. The maximum atomic E-state index is 12.7. The molecule has 1 amide bonds. The first-order chi connectivity index (χ1) is 13.6. The lowest BCUT2D eigenvalue weighted by Gasteiger charge is -2.24. The van der Waals surface area contributed by atoms with Crippen LogP contribution in [0.25, 0.3) is 0 Å². The highest BCUT2D eigenvalue weighted by atomic mass is 16.6. The molecule has 2 N–H and O–H groups in total. The predicted molar refractivity (Wildman–Crippen MR) is 101 cm³/mol. The predicted octanol–water partition coefficient (Wildman–Crippen LogP) is 2.14. The molecule has 0 fully saturated rings. The molecular weight excluding hydrogens is 362 g/mol. The number of fused-ring (bicyclic) bond motifs is 1. The summed E-state index contributed by atoms with van der Waals surface area (Å²) in [6.07, 6.45) is 0.131. The zero-order chi connectivity index (χ0) is 19.9. The van der Waals surface area contributed by atoms with Gasteiger partial charge < -0.3 is 24.8 Å². The third-order valence-electron chi connectivity index (χ3n) is 4.06. The molecule has 1 aliphatic heterocycles. The molecule has 8 heteroatoms. The number of esters is 1. The standard InChI is InChI=1S/C20H19N3O5/c21-8-1-9-23(16-6-7-17-18(12-16)27-11-10-26-17)19(24)13-28-20(25)14-2-4-15(22)5-3-14/h2-7,12H,1,9-11,13,22H2. The van der Waals surface area contributed by atoms with Crippen LogP contribution in [-0.2, 0) is 9.53 Å². The Hall–Kier alpha value is -3.73. The van der Waals surface area contributed by atoms with E-state index in [1.165, 1.54) is 17.0 Å². The zero-order valence-corrected chi connectivity index (χ0v) is 15.1. The second kappa shape index (κ2) is 8.77. The highest BCUT2D eigenvalue weighted by molar-refractivity contribution is 5.97. The highest BCUT2D eigenvalue weighted by Crippen LogP contribution is 2.34. The third kappa shape index (κ3) is 4.51. The summed E-state index contributed by atoms with van der Waals surface area (Å²) in [4.78, 5) is 26.1. The molecule has 0 radical (unpaired) electrons. The van der Waals surface area contributed by atoms with E-state index < -0.39 is 18.5 Å². The fourth-order valence-corrected chi connectivity index (χ4v) is 2.67. The monoisotopic (exact) mass is 381 g/mol.